The third kappa shape index (κ3) is 3.82. The van der Waals surface area contributed by atoms with E-state index >= 15 is 0 Å². The highest BCUT2D eigenvalue weighted by atomic mass is 15.2. The standard InChI is InChI=1S/C17H28N2/c1-7-8-11-17(4,5)16(18)19(6)15-10-9-13(2)12-14(15)3/h9-10,12,18H,7-8,11H2,1-6H3. The molecule has 0 saturated heterocycles. The van der Waals surface area contributed by atoms with Crippen molar-refractivity contribution in [3.8, 4) is 0 Å². The Morgan fingerprint density at radius 2 is 1.89 bits per heavy atom. The Morgan fingerprint density at radius 1 is 1.26 bits per heavy atom. The Kier molecular flexibility index (Phi) is 5.16. The molecule has 0 atom stereocenters. The van der Waals surface area contributed by atoms with Crippen LogP contribution in [0.3, 0.4) is 0 Å². The van der Waals surface area contributed by atoms with Crippen molar-refractivity contribution < 1.29 is 0 Å². The van der Waals surface area contributed by atoms with Crippen LogP contribution in [0.5, 0.6) is 0 Å². The summed E-state index contributed by atoms with van der Waals surface area (Å²) in [6.07, 6.45) is 3.43. The number of aryl methyl sites for hydroxylation is 2. The van der Waals surface area contributed by atoms with Gasteiger partial charge in [-0.25, -0.2) is 0 Å². The van der Waals surface area contributed by atoms with Gasteiger partial charge in [-0.15, -0.1) is 0 Å². The Hall–Kier alpha value is -1.31. The van der Waals surface area contributed by atoms with Crippen LogP contribution >= 0.6 is 0 Å². The second-order valence-electron chi connectivity index (χ2n) is 6.19. The molecule has 106 valence electrons. The number of unbranched alkanes of at least 4 members (excludes halogenated alkanes) is 1. The van der Waals surface area contributed by atoms with E-state index in [1.54, 1.807) is 0 Å². The molecule has 0 heterocycles. The fraction of sp³-hybridized carbons (Fsp3) is 0.588. The number of nitrogens with one attached hydrogen (secondary N) is 1. The molecular weight excluding hydrogens is 232 g/mol. The second-order valence-corrected chi connectivity index (χ2v) is 6.19. The first kappa shape index (κ1) is 15.7. The lowest BCUT2D eigenvalue weighted by Crippen LogP contribution is -2.38. The normalized spacial score (nSPS) is 11.5. The van der Waals surface area contributed by atoms with E-state index in [4.69, 9.17) is 5.41 Å². The van der Waals surface area contributed by atoms with E-state index < -0.39 is 0 Å². The minimum atomic E-state index is -0.0674. The molecule has 0 radical (unpaired) electrons. The van der Waals surface area contributed by atoms with Gasteiger partial charge in [0.25, 0.3) is 0 Å². The average molecular weight is 260 g/mol. The summed E-state index contributed by atoms with van der Waals surface area (Å²) in [4.78, 5) is 2.03. The zero-order valence-corrected chi connectivity index (χ0v) is 13.3. The molecule has 0 aliphatic rings. The van der Waals surface area contributed by atoms with Gasteiger partial charge in [-0.1, -0.05) is 51.3 Å². The average Bonchev–Trinajstić information content (AvgIpc) is 2.34. The molecule has 2 heteroatoms. The van der Waals surface area contributed by atoms with E-state index in [9.17, 15) is 0 Å². The fourth-order valence-electron chi connectivity index (χ4n) is 2.49. The molecule has 2 nitrogen and oxygen atoms in total. The molecule has 0 bridgehead atoms. The molecule has 0 amide bonds. The summed E-state index contributed by atoms with van der Waals surface area (Å²) in [7, 11) is 2.01. The number of hydrogen-bond acceptors (Lipinski definition) is 1. The largest absolute Gasteiger partial charge is 0.333 e. The number of amidine groups is 1. The smallest absolute Gasteiger partial charge is 0.106 e. The van der Waals surface area contributed by atoms with Gasteiger partial charge < -0.3 is 4.90 Å². The van der Waals surface area contributed by atoms with Crippen LogP contribution in [0, 0.1) is 24.7 Å². The van der Waals surface area contributed by atoms with E-state index in [1.807, 2.05) is 11.9 Å². The molecule has 1 rings (SSSR count). The number of benzene rings is 1. The van der Waals surface area contributed by atoms with Gasteiger partial charge >= 0.3 is 0 Å². The van der Waals surface area contributed by atoms with Crippen molar-refractivity contribution >= 4 is 11.5 Å². The fourth-order valence-corrected chi connectivity index (χ4v) is 2.49. The molecule has 0 saturated carbocycles. The van der Waals surface area contributed by atoms with Gasteiger partial charge in [-0.2, -0.15) is 0 Å². The third-order valence-electron chi connectivity index (χ3n) is 3.85. The predicted octanol–water partition coefficient (Wildman–Crippen LogP) is 4.93. The molecule has 19 heavy (non-hydrogen) atoms. The quantitative estimate of drug-likeness (QED) is 0.589. The van der Waals surface area contributed by atoms with Gasteiger partial charge in [0.2, 0.25) is 0 Å². The highest BCUT2D eigenvalue weighted by Gasteiger charge is 2.27. The first-order valence-electron chi connectivity index (χ1n) is 7.19. The molecular formula is C17H28N2. The molecule has 1 aromatic rings. The summed E-state index contributed by atoms with van der Waals surface area (Å²) >= 11 is 0. The lowest BCUT2D eigenvalue weighted by molar-refractivity contribution is 0.445. The monoisotopic (exact) mass is 260 g/mol. The van der Waals surface area contributed by atoms with Crippen LogP contribution in [0.1, 0.15) is 51.2 Å². The maximum Gasteiger partial charge on any atom is 0.106 e. The highest BCUT2D eigenvalue weighted by Crippen LogP contribution is 2.30. The summed E-state index contributed by atoms with van der Waals surface area (Å²) < 4.78 is 0. The van der Waals surface area contributed by atoms with E-state index in [-0.39, 0.29) is 5.41 Å². The first-order chi connectivity index (χ1) is 8.79. The van der Waals surface area contributed by atoms with Gasteiger partial charge in [0, 0.05) is 18.2 Å². The van der Waals surface area contributed by atoms with E-state index in [1.165, 1.54) is 24.0 Å². The third-order valence-corrected chi connectivity index (χ3v) is 3.85. The Labute approximate surface area is 118 Å². The van der Waals surface area contributed by atoms with Gasteiger partial charge in [0.1, 0.15) is 5.84 Å². The van der Waals surface area contributed by atoms with Crippen molar-refractivity contribution in [3.63, 3.8) is 0 Å². The molecule has 0 aromatic heterocycles. The number of nitrogens with zero attached hydrogens (tertiary/aromatic N) is 1. The minimum absolute atomic E-state index is 0.0674. The van der Waals surface area contributed by atoms with Crippen LogP contribution in [-0.4, -0.2) is 12.9 Å². The molecule has 0 unspecified atom stereocenters. The summed E-state index contributed by atoms with van der Waals surface area (Å²) in [6, 6.07) is 6.42. The van der Waals surface area contributed by atoms with Crippen molar-refractivity contribution in [2.75, 3.05) is 11.9 Å². The highest BCUT2D eigenvalue weighted by molar-refractivity contribution is 5.99. The van der Waals surface area contributed by atoms with Crippen LogP contribution in [0.4, 0.5) is 5.69 Å². The predicted molar refractivity (Wildman–Crippen MR) is 85.4 cm³/mol. The van der Waals surface area contributed by atoms with Crippen LogP contribution in [0.2, 0.25) is 0 Å². The number of hydrogen-bond donors (Lipinski definition) is 1. The Bertz CT molecular complexity index is 447. The molecule has 0 aliphatic heterocycles. The lowest BCUT2D eigenvalue weighted by Gasteiger charge is -2.33. The zero-order valence-electron chi connectivity index (χ0n) is 13.3. The first-order valence-corrected chi connectivity index (χ1v) is 7.19. The zero-order chi connectivity index (χ0) is 14.6. The lowest BCUT2D eigenvalue weighted by atomic mass is 9.85. The maximum atomic E-state index is 8.49. The van der Waals surface area contributed by atoms with E-state index in [2.05, 4.69) is 52.8 Å². The van der Waals surface area contributed by atoms with Gasteiger partial charge in [-0.05, 0) is 31.9 Å². The van der Waals surface area contributed by atoms with Crippen molar-refractivity contribution in [1.29, 1.82) is 5.41 Å². The maximum absolute atomic E-state index is 8.49. The summed E-state index contributed by atoms with van der Waals surface area (Å²) in [5.41, 5.74) is 3.58. The topological polar surface area (TPSA) is 27.1 Å². The molecule has 1 N–H and O–H groups in total. The van der Waals surface area contributed by atoms with Crippen LogP contribution < -0.4 is 4.90 Å². The second kappa shape index (κ2) is 6.23. The van der Waals surface area contributed by atoms with Crippen molar-refractivity contribution in [3.05, 3.63) is 29.3 Å². The summed E-state index contributed by atoms with van der Waals surface area (Å²) in [5, 5.41) is 8.49. The minimum Gasteiger partial charge on any atom is -0.333 e. The summed E-state index contributed by atoms with van der Waals surface area (Å²) in [5.74, 6) is 0.702. The van der Waals surface area contributed by atoms with Gasteiger partial charge in [-0.3, -0.25) is 5.41 Å². The van der Waals surface area contributed by atoms with Crippen molar-refractivity contribution in [1.82, 2.24) is 0 Å². The molecule has 0 spiro atoms. The van der Waals surface area contributed by atoms with E-state index in [0.29, 0.717) is 5.84 Å². The SMILES string of the molecule is CCCCC(C)(C)C(=N)N(C)c1ccc(C)cc1C. The molecule has 1 aromatic carbocycles. The summed E-state index contributed by atoms with van der Waals surface area (Å²) in [6.45, 7) is 10.8. The van der Waals surface area contributed by atoms with Crippen molar-refractivity contribution in [2.24, 2.45) is 5.41 Å². The van der Waals surface area contributed by atoms with Gasteiger partial charge in [0.05, 0.1) is 0 Å². The Balaban J connectivity index is 2.92. The molecule has 0 fully saturated rings. The van der Waals surface area contributed by atoms with Crippen molar-refractivity contribution in [2.45, 2.75) is 53.9 Å². The number of rotatable bonds is 5. The molecule has 0 aliphatic carbocycles. The van der Waals surface area contributed by atoms with Crippen LogP contribution in [0.25, 0.3) is 0 Å². The number of anilines is 1. The van der Waals surface area contributed by atoms with E-state index in [0.717, 1.165) is 12.1 Å². The van der Waals surface area contributed by atoms with Crippen LogP contribution in [-0.2, 0) is 0 Å². The van der Waals surface area contributed by atoms with Gasteiger partial charge in [0.15, 0.2) is 0 Å². The van der Waals surface area contributed by atoms with Crippen LogP contribution in [0.15, 0.2) is 18.2 Å². The Morgan fingerprint density at radius 3 is 2.42 bits per heavy atom.